The van der Waals surface area contributed by atoms with Gasteiger partial charge < -0.3 is 10.2 Å². The van der Waals surface area contributed by atoms with Crippen LogP contribution in [0.4, 0.5) is 0 Å². The number of likely N-dealkylation sites (N-methyl/N-ethyl adjacent to an activating group) is 2. The fourth-order valence-electron chi connectivity index (χ4n) is 2.20. The standard InChI is InChI=1S/C12H26N4O3S/c1-4-15(5-2)12(17)11-14(3)20(18,19)16-9-6-7-13-8-10-16/h13H,4-11H2,1-3H3. The molecule has 1 N–H and O–H groups in total. The summed E-state index contributed by atoms with van der Waals surface area (Å²) < 4.78 is 27.5. The van der Waals surface area contributed by atoms with E-state index in [1.165, 1.54) is 11.4 Å². The molecule has 118 valence electrons. The zero-order chi connectivity index (χ0) is 15.2. The number of amides is 1. The number of nitrogens with one attached hydrogen (secondary N) is 1. The molecule has 1 amide bonds. The van der Waals surface area contributed by atoms with Gasteiger partial charge >= 0.3 is 0 Å². The maximum Gasteiger partial charge on any atom is 0.282 e. The van der Waals surface area contributed by atoms with E-state index < -0.39 is 10.2 Å². The normalized spacial score (nSPS) is 18.0. The molecule has 7 nitrogen and oxygen atoms in total. The first-order valence-corrected chi connectivity index (χ1v) is 8.53. The van der Waals surface area contributed by atoms with Crippen LogP contribution < -0.4 is 5.32 Å². The lowest BCUT2D eigenvalue weighted by Crippen LogP contribution is -2.47. The highest BCUT2D eigenvalue weighted by Gasteiger charge is 2.29. The molecule has 0 aromatic heterocycles. The van der Waals surface area contributed by atoms with E-state index in [0.717, 1.165) is 17.3 Å². The molecule has 0 radical (unpaired) electrons. The number of hydrogen-bond acceptors (Lipinski definition) is 4. The highest BCUT2D eigenvalue weighted by molar-refractivity contribution is 7.86. The second-order valence-corrected chi connectivity index (χ2v) is 6.87. The predicted octanol–water partition coefficient (Wildman–Crippen LogP) is -0.673. The quantitative estimate of drug-likeness (QED) is 0.706. The van der Waals surface area contributed by atoms with Gasteiger partial charge in [0.2, 0.25) is 5.91 Å². The summed E-state index contributed by atoms with van der Waals surface area (Å²) in [5.41, 5.74) is 0. The van der Waals surface area contributed by atoms with E-state index in [1.807, 2.05) is 13.8 Å². The lowest BCUT2D eigenvalue weighted by Gasteiger charge is -2.27. The van der Waals surface area contributed by atoms with E-state index in [4.69, 9.17) is 0 Å². The maximum atomic E-state index is 12.4. The van der Waals surface area contributed by atoms with E-state index >= 15 is 0 Å². The third kappa shape index (κ3) is 4.41. The summed E-state index contributed by atoms with van der Waals surface area (Å²) in [6.07, 6.45) is 0.789. The van der Waals surface area contributed by atoms with Gasteiger partial charge in [-0.25, -0.2) is 0 Å². The van der Waals surface area contributed by atoms with Crippen molar-refractivity contribution in [2.45, 2.75) is 20.3 Å². The molecule has 0 aromatic carbocycles. The van der Waals surface area contributed by atoms with Crippen molar-refractivity contribution in [2.75, 3.05) is 52.9 Å². The van der Waals surface area contributed by atoms with Crippen molar-refractivity contribution >= 4 is 16.1 Å². The number of rotatable bonds is 6. The molecular formula is C12H26N4O3S. The number of nitrogens with zero attached hydrogens (tertiary/aromatic N) is 3. The van der Waals surface area contributed by atoms with Crippen molar-refractivity contribution in [3.8, 4) is 0 Å². The predicted molar refractivity (Wildman–Crippen MR) is 78.5 cm³/mol. The smallest absolute Gasteiger partial charge is 0.282 e. The Morgan fingerprint density at radius 2 is 1.85 bits per heavy atom. The van der Waals surface area contributed by atoms with E-state index in [1.54, 1.807) is 4.90 Å². The zero-order valence-electron chi connectivity index (χ0n) is 12.6. The maximum absolute atomic E-state index is 12.4. The van der Waals surface area contributed by atoms with Crippen molar-refractivity contribution in [3.05, 3.63) is 0 Å². The van der Waals surface area contributed by atoms with Gasteiger partial charge in [0.1, 0.15) is 0 Å². The Bertz CT molecular complexity index is 401. The lowest BCUT2D eigenvalue weighted by atomic mass is 10.4. The molecule has 0 bridgehead atoms. The molecule has 1 aliphatic rings. The summed E-state index contributed by atoms with van der Waals surface area (Å²) in [5.74, 6) is -0.158. The van der Waals surface area contributed by atoms with Gasteiger partial charge in [-0.05, 0) is 26.8 Å². The number of hydrogen-bond donors (Lipinski definition) is 1. The van der Waals surface area contributed by atoms with Crippen LogP contribution >= 0.6 is 0 Å². The fourth-order valence-corrected chi connectivity index (χ4v) is 3.55. The fraction of sp³-hybridized carbons (Fsp3) is 0.917. The molecule has 0 aromatic rings. The van der Waals surface area contributed by atoms with Gasteiger partial charge in [-0.1, -0.05) is 0 Å². The average Bonchev–Trinajstić information content (AvgIpc) is 2.69. The lowest BCUT2D eigenvalue weighted by molar-refractivity contribution is -0.130. The minimum absolute atomic E-state index is 0.103. The molecule has 1 rings (SSSR count). The highest BCUT2D eigenvalue weighted by Crippen LogP contribution is 2.09. The Hall–Kier alpha value is -0.700. The first-order chi connectivity index (χ1) is 9.43. The van der Waals surface area contributed by atoms with Crippen LogP contribution in [0.1, 0.15) is 20.3 Å². The summed E-state index contributed by atoms with van der Waals surface area (Å²) in [7, 11) is -2.08. The zero-order valence-corrected chi connectivity index (χ0v) is 13.4. The second-order valence-electron chi connectivity index (χ2n) is 4.83. The van der Waals surface area contributed by atoms with Gasteiger partial charge in [-0.2, -0.15) is 17.0 Å². The van der Waals surface area contributed by atoms with Crippen molar-refractivity contribution in [3.63, 3.8) is 0 Å². The minimum atomic E-state index is -3.55. The van der Waals surface area contributed by atoms with Crippen LogP contribution in [0.2, 0.25) is 0 Å². The van der Waals surface area contributed by atoms with Crippen LogP contribution in [0.15, 0.2) is 0 Å². The van der Waals surface area contributed by atoms with Gasteiger partial charge in [0.25, 0.3) is 10.2 Å². The molecule has 0 spiro atoms. The first kappa shape index (κ1) is 17.4. The van der Waals surface area contributed by atoms with Crippen LogP contribution in [0.5, 0.6) is 0 Å². The van der Waals surface area contributed by atoms with Gasteiger partial charge in [0, 0.05) is 39.8 Å². The van der Waals surface area contributed by atoms with Crippen molar-refractivity contribution in [2.24, 2.45) is 0 Å². The second kappa shape index (κ2) is 7.92. The molecule has 0 saturated carbocycles. The Labute approximate surface area is 122 Å². The van der Waals surface area contributed by atoms with Gasteiger partial charge in [0.15, 0.2) is 0 Å². The molecule has 1 aliphatic heterocycles. The molecule has 20 heavy (non-hydrogen) atoms. The summed E-state index contributed by atoms with van der Waals surface area (Å²) in [4.78, 5) is 13.6. The molecular weight excluding hydrogens is 280 g/mol. The van der Waals surface area contributed by atoms with Crippen LogP contribution in [-0.4, -0.2) is 80.7 Å². The summed E-state index contributed by atoms with van der Waals surface area (Å²) >= 11 is 0. The largest absolute Gasteiger partial charge is 0.342 e. The van der Waals surface area contributed by atoms with Gasteiger partial charge in [-0.3, -0.25) is 4.79 Å². The molecule has 0 aliphatic carbocycles. The van der Waals surface area contributed by atoms with Crippen molar-refractivity contribution in [1.29, 1.82) is 0 Å². The van der Waals surface area contributed by atoms with E-state index in [-0.39, 0.29) is 12.5 Å². The number of carbonyl (C=O) groups excluding carboxylic acids is 1. The topological polar surface area (TPSA) is 73.0 Å². The van der Waals surface area contributed by atoms with E-state index in [9.17, 15) is 13.2 Å². The monoisotopic (exact) mass is 306 g/mol. The minimum Gasteiger partial charge on any atom is -0.342 e. The van der Waals surface area contributed by atoms with Crippen LogP contribution in [0.3, 0.4) is 0 Å². The van der Waals surface area contributed by atoms with Gasteiger partial charge in [-0.15, -0.1) is 0 Å². The molecule has 1 heterocycles. The van der Waals surface area contributed by atoms with Crippen molar-refractivity contribution < 1.29 is 13.2 Å². The molecule has 1 saturated heterocycles. The molecule has 8 heteroatoms. The Balaban J connectivity index is 2.68. The third-order valence-corrected chi connectivity index (χ3v) is 5.43. The SMILES string of the molecule is CCN(CC)C(=O)CN(C)S(=O)(=O)N1CCCNCC1. The molecule has 0 atom stereocenters. The summed E-state index contributed by atoms with van der Waals surface area (Å²) in [5, 5.41) is 3.17. The van der Waals surface area contributed by atoms with E-state index in [2.05, 4.69) is 5.32 Å². The highest BCUT2D eigenvalue weighted by atomic mass is 32.2. The Morgan fingerprint density at radius 1 is 1.20 bits per heavy atom. The van der Waals surface area contributed by atoms with Crippen LogP contribution in [0, 0.1) is 0 Å². The van der Waals surface area contributed by atoms with Crippen LogP contribution in [-0.2, 0) is 15.0 Å². The average molecular weight is 306 g/mol. The Morgan fingerprint density at radius 3 is 2.45 bits per heavy atom. The van der Waals surface area contributed by atoms with Gasteiger partial charge in [0.05, 0.1) is 6.54 Å². The summed E-state index contributed by atoms with van der Waals surface area (Å²) in [6, 6.07) is 0. The van der Waals surface area contributed by atoms with Crippen molar-refractivity contribution in [1.82, 2.24) is 18.8 Å². The molecule has 0 unspecified atom stereocenters. The number of carbonyl (C=O) groups is 1. The van der Waals surface area contributed by atoms with E-state index in [0.29, 0.717) is 32.7 Å². The summed E-state index contributed by atoms with van der Waals surface area (Å²) in [6.45, 7) is 7.28. The third-order valence-electron chi connectivity index (χ3n) is 3.49. The van der Waals surface area contributed by atoms with Crippen LogP contribution in [0.25, 0.3) is 0 Å². The first-order valence-electron chi connectivity index (χ1n) is 7.13. The Kier molecular flexibility index (Phi) is 6.87. The molecule has 1 fully saturated rings.